The van der Waals surface area contributed by atoms with E-state index in [0.29, 0.717) is 0 Å². The zero-order valence-electron chi connectivity index (χ0n) is 15.2. The van der Waals surface area contributed by atoms with Gasteiger partial charge in [-0.25, -0.2) is 0 Å². The van der Waals surface area contributed by atoms with Gasteiger partial charge in [0.15, 0.2) is 0 Å². The summed E-state index contributed by atoms with van der Waals surface area (Å²) >= 11 is 0. The molecule has 0 aliphatic heterocycles. The molecule has 0 spiro atoms. The van der Waals surface area contributed by atoms with E-state index in [1.807, 2.05) is 0 Å². The lowest BCUT2D eigenvalue weighted by molar-refractivity contribution is 0.549. The predicted molar refractivity (Wildman–Crippen MR) is 101 cm³/mol. The number of nitrogens with zero attached hydrogens (tertiary/aromatic N) is 1. The molecule has 1 heteroatoms. The van der Waals surface area contributed by atoms with Gasteiger partial charge in [-0.3, -0.25) is 0 Å². The molecule has 0 amide bonds. The summed E-state index contributed by atoms with van der Waals surface area (Å²) in [6.45, 7) is 5.62. The van der Waals surface area contributed by atoms with Crippen molar-refractivity contribution in [3.05, 3.63) is 29.8 Å². The fourth-order valence-electron chi connectivity index (χ4n) is 2.94. The van der Waals surface area contributed by atoms with Crippen molar-refractivity contribution >= 4 is 5.69 Å². The van der Waals surface area contributed by atoms with E-state index >= 15 is 0 Å². The monoisotopic (exact) mass is 303 g/mol. The lowest BCUT2D eigenvalue weighted by Gasteiger charge is -2.19. The van der Waals surface area contributed by atoms with Crippen LogP contribution in [0.5, 0.6) is 0 Å². The van der Waals surface area contributed by atoms with Crippen molar-refractivity contribution < 1.29 is 0 Å². The number of anilines is 1. The molecule has 0 N–H and O–H groups in total. The summed E-state index contributed by atoms with van der Waals surface area (Å²) in [5.41, 5.74) is 2.68. The van der Waals surface area contributed by atoms with Crippen LogP contribution in [0.2, 0.25) is 0 Å². The molecule has 1 aromatic rings. The second kappa shape index (κ2) is 12.6. The Kier molecular flexibility index (Phi) is 10.9. The van der Waals surface area contributed by atoms with Crippen molar-refractivity contribution in [1.82, 2.24) is 0 Å². The summed E-state index contributed by atoms with van der Waals surface area (Å²) in [6.07, 6.45) is 15.6. The minimum absolute atomic E-state index is 1.18. The minimum Gasteiger partial charge on any atom is -0.375 e. The quantitative estimate of drug-likeness (QED) is 0.365. The van der Waals surface area contributed by atoms with E-state index < -0.39 is 0 Å². The summed E-state index contributed by atoms with van der Waals surface area (Å²) in [7, 11) is 2.21. The van der Waals surface area contributed by atoms with Crippen LogP contribution in [0.25, 0.3) is 0 Å². The molecular weight excluding hydrogens is 266 g/mol. The van der Waals surface area contributed by atoms with Gasteiger partial charge in [-0.05, 0) is 25.5 Å². The summed E-state index contributed by atoms with van der Waals surface area (Å²) in [5, 5.41) is 0. The van der Waals surface area contributed by atoms with Gasteiger partial charge >= 0.3 is 0 Å². The Balaban J connectivity index is 1.92. The first-order valence-electron chi connectivity index (χ1n) is 9.52. The van der Waals surface area contributed by atoms with Crippen LogP contribution in [0.4, 0.5) is 5.69 Å². The smallest absolute Gasteiger partial charge is 0.0363 e. The average Bonchev–Trinajstić information content (AvgIpc) is 2.53. The van der Waals surface area contributed by atoms with Crippen LogP contribution in [0.3, 0.4) is 0 Å². The van der Waals surface area contributed by atoms with Crippen molar-refractivity contribution in [2.24, 2.45) is 0 Å². The highest BCUT2D eigenvalue weighted by Crippen LogP contribution is 2.15. The van der Waals surface area contributed by atoms with Gasteiger partial charge < -0.3 is 4.90 Å². The molecule has 0 saturated heterocycles. The number of aryl methyl sites for hydroxylation is 1. The molecule has 0 fully saturated rings. The lowest BCUT2D eigenvalue weighted by atomic mass is 10.1. The number of hydrogen-bond acceptors (Lipinski definition) is 1. The van der Waals surface area contributed by atoms with Crippen LogP contribution in [-0.4, -0.2) is 13.6 Å². The third-order valence-electron chi connectivity index (χ3n) is 4.57. The molecule has 0 heterocycles. The van der Waals surface area contributed by atoms with Crippen LogP contribution < -0.4 is 4.90 Å². The average molecular weight is 304 g/mol. The molecule has 0 radical (unpaired) electrons. The van der Waals surface area contributed by atoms with Crippen molar-refractivity contribution in [2.45, 2.75) is 84.5 Å². The maximum absolute atomic E-state index is 2.38. The van der Waals surface area contributed by atoms with Gasteiger partial charge in [-0.2, -0.15) is 0 Å². The largest absolute Gasteiger partial charge is 0.375 e. The Morgan fingerprint density at radius 2 is 1.14 bits per heavy atom. The molecule has 0 bridgehead atoms. The molecule has 1 aromatic carbocycles. The summed E-state index contributed by atoms with van der Waals surface area (Å²) < 4.78 is 0. The first-order chi connectivity index (χ1) is 10.7. The van der Waals surface area contributed by atoms with Crippen molar-refractivity contribution in [3.63, 3.8) is 0 Å². The summed E-state index contributed by atoms with van der Waals surface area (Å²) in [6, 6.07) is 8.86. The van der Waals surface area contributed by atoms with Crippen molar-refractivity contribution in [3.8, 4) is 0 Å². The van der Waals surface area contributed by atoms with E-state index in [1.165, 1.54) is 88.4 Å². The van der Waals surface area contributed by atoms with E-state index in [0.717, 1.165) is 0 Å². The highest BCUT2D eigenvalue weighted by Gasteiger charge is 2.00. The Labute approximate surface area is 139 Å². The number of hydrogen-bond donors (Lipinski definition) is 0. The van der Waals surface area contributed by atoms with Gasteiger partial charge in [0, 0.05) is 19.3 Å². The third-order valence-corrected chi connectivity index (χ3v) is 4.57. The number of benzene rings is 1. The third kappa shape index (κ3) is 9.12. The normalized spacial score (nSPS) is 10.9. The van der Waals surface area contributed by atoms with Crippen LogP contribution in [0, 0.1) is 6.92 Å². The van der Waals surface area contributed by atoms with Crippen LogP contribution in [-0.2, 0) is 0 Å². The van der Waals surface area contributed by atoms with E-state index in [1.54, 1.807) is 0 Å². The first-order valence-corrected chi connectivity index (χ1v) is 9.52. The second-order valence-corrected chi connectivity index (χ2v) is 6.79. The summed E-state index contributed by atoms with van der Waals surface area (Å²) in [5.74, 6) is 0. The highest BCUT2D eigenvalue weighted by atomic mass is 15.1. The second-order valence-electron chi connectivity index (χ2n) is 6.79. The maximum atomic E-state index is 2.38. The van der Waals surface area contributed by atoms with E-state index in [9.17, 15) is 0 Å². The van der Waals surface area contributed by atoms with Gasteiger partial charge in [-0.15, -0.1) is 0 Å². The topological polar surface area (TPSA) is 3.24 Å². The lowest BCUT2D eigenvalue weighted by Crippen LogP contribution is -2.18. The molecule has 0 aromatic heterocycles. The minimum atomic E-state index is 1.18. The molecule has 0 atom stereocenters. The SMILES string of the molecule is CCCCCCCCCCCCCN(C)c1ccc(C)cc1. The van der Waals surface area contributed by atoms with Gasteiger partial charge in [0.25, 0.3) is 0 Å². The number of rotatable bonds is 13. The molecule has 0 aliphatic rings. The van der Waals surface area contributed by atoms with E-state index in [4.69, 9.17) is 0 Å². The predicted octanol–water partition coefficient (Wildman–Crippen LogP) is 6.74. The van der Waals surface area contributed by atoms with Crippen molar-refractivity contribution in [2.75, 3.05) is 18.5 Å². The Morgan fingerprint density at radius 1 is 0.682 bits per heavy atom. The van der Waals surface area contributed by atoms with Gasteiger partial charge in [0.05, 0.1) is 0 Å². The molecular formula is C21H37N. The molecule has 1 nitrogen and oxygen atoms in total. The fourth-order valence-corrected chi connectivity index (χ4v) is 2.94. The molecule has 0 aliphatic carbocycles. The summed E-state index contributed by atoms with van der Waals surface area (Å²) in [4.78, 5) is 2.38. The molecule has 1 rings (SSSR count). The molecule has 126 valence electrons. The van der Waals surface area contributed by atoms with E-state index in [-0.39, 0.29) is 0 Å². The van der Waals surface area contributed by atoms with Crippen LogP contribution in [0.15, 0.2) is 24.3 Å². The standard InChI is InChI=1S/C21H37N/c1-4-5-6-7-8-9-10-11-12-13-14-19-22(3)21-17-15-20(2)16-18-21/h15-18H,4-14,19H2,1-3H3. The zero-order valence-corrected chi connectivity index (χ0v) is 15.2. The van der Waals surface area contributed by atoms with Gasteiger partial charge in [-0.1, -0.05) is 88.8 Å². The molecule has 0 saturated carbocycles. The first kappa shape index (κ1) is 19.1. The van der Waals surface area contributed by atoms with Crippen LogP contribution >= 0.6 is 0 Å². The Bertz CT molecular complexity index is 355. The fraction of sp³-hybridized carbons (Fsp3) is 0.714. The Hall–Kier alpha value is -0.980. The maximum Gasteiger partial charge on any atom is 0.0363 e. The highest BCUT2D eigenvalue weighted by molar-refractivity contribution is 5.46. The molecule has 0 unspecified atom stereocenters. The van der Waals surface area contributed by atoms with Gasteiger partial charge in [0.1, 0.15) is 0 Å². The van der Waals surface area contributed by atoms with Crippen molar-refractivity contribution in [1.29, 1.82) is 0 Å². The van der Waals surface area contributed by atoms with E-state index in [2.05, 4.69) is 50.1 Å². The molecule has 22 heavy (non-hydrogen) atoms. The zero-order chi connectivity index (χ0) is 16.0. The van der Waals surface area contributed by atoms with Gasteiger partial charge in [0.2, 0.25) is 0 Å². The number of unbranched alkanes of at least 4 members (excludes halogenated alkanes) is 10. The Morgan fingerprint density at radius 3 is 1.64 bits per heavy atom. The van der Waals surface area contributed by atoms with Crippen LogP contribution in [0.1, 0.15) is 83.1 Å².